The summed E-state index contributed by atoms with van der Waals surface area (Å²) in [7, 11) is 1.49. The maximum absolute atomic E-state index is 12.3. The van der Waals surface area contributed by atoms with Crippen LogP contribution in [0.3, 0.4) is 0 Å². The highest BCUT2D eigenvalue weighted by Gasteiger charge is 2.44. The summed E-state index contributed by atoms with van der Waals surface area (Å²) in [6.45, 7) is 0. The van der Waals surface area contributed by atoms with E-state index in [-0.39, 0.29) is 0 Å². The average molecular weight is 390 g/mol. The third-order valence-electron chi connectivity index (χ3n) is 2.22. The highest BCUT2D eigenvalue weighted by molar-refractivity contribution is 9.12. The first-order valence-corrected chi connectivity index (χ1v) is 6.63. The normalized spacial score (nSPS) is 15.0. The SMILES string of the molecule is COc1ccc(C(Br)C(Br)C(=O)C(F)(F)F)cc1. The zero-order valence-electron chi connectivity index (χ0n) is 9.17. The summed E-state index contributed by atoms with van der Waals surface area (Å²) in [5, 5.41) is 0. The van der Waals surface area contributed by atoms with E-state index >= 15 is 0 Å². The summed E-state index contributed by atoms with van der Waals surface area (Å²) in [5.74, 6) is -1.23. The molecule has 0 spiro atoms. The molecule has 0 heterocycles. The van der Waals surface area contributed by atoms with Crippen LogP contribution in [0.1, 0.15) is 10.4 Å². The molecule has 1 rings (SSSR count). The van der Waals surface area contributed by atoms with Crippen molar-refractivity contribution in [1.82, 2.24) is 0 Å². The summed E-state index contributed by atoms with van der Waals surface area (Å²) in [5.41, 5.74) is 0.551. The number of rotatable bonds is 4. The monoisotopic (exact) mass is 388 g/mol. The van der Waals surface area contributed by atoms with Gasteiger partial charge in [0, 0.05) is 0 Å². The zero-order valence-corrected chi connectivity index (χ0v) is 12.3. The van der Waals surface area contributed by atoms with Crippen LogP contribution >= 0.6 is 31.9 Å². The molecule has 7 heteroatoms. The van der Waals surface area contributed by atoms with Gasteiger partial charge in [0.2, 0.25) is 0 Å². The first kappa shape index (κ1) is 15.5. The number of hydrogen-bond acceptors (Lipinski definition) is 2. The molecule has 0 N–H and O–H groups in total. The van der Waals surface area contributed by atoms with Crippen LogP contribution in [-0.2, 0) is 4.79 Å². The molecule has 2 atom stereocenters. The fraction of sp³-hybridized carbons (Fsp3) is 0.364. The van der Waals surface area contributed by atoms with Crippen molar-refractivity contribution in [3.8, 4) is 5.75 Å². The van der Waals surface area contributed by atoms with E-state index in [1.165, 1.54) is 7.11 Å². The smallest absolute Gasteiger partial charge is 0.451 e. The minimum Gasteiger partial charge on any atom is -0.497 e. The number of ether oxygens (including phenoxy) is 1. The number of Topliss-reactive ketones (excluding diaryl/α,β-unsaturated/α-hetero) is 1. The Kier molecular flexibility index (Phi) is 5.21. The average Bonchev–Trinajstić information content (AvgIpc) is 2.35. The lowest BCUT2D eigenvalue weighted by Crippen LogP contribution is -2.33. The topological polar surface area (TPSA) is 26.3 Å². The molecule has 18 heavy (non-hydrogen) atoms. The van der Waals surface area contributed by atoms with E-state index in [0.29, 0.717) is 11.3 Å². The van der Waals surface area contributed by atoms with Gasteiger partial charge in [0.25, 0.3) is 5.78 Å². The van der Waals surface area contributed by atoms with E-state index in [1.54, 1.807) is 24.3 Å². The molecule has 2 unspecified atom stereocenters. The fourth-order valence-corrected chi connectivity index (χ4v) is 2.36. The Labute approximate surface area is 119 Å². The number of methoxy groups -OCH3 is 1. The minimum absolute atomic E-state index is 0.551. The number of carbonyl (C=O) groups excluding carboxylic acids is 1. The Bertz CT molecular complexity index is 417. The van der Waals surface area contributed by atoms with E-state index in [1.807, 2.05) is 0 Å². The molecule has 0 aliphatic rings. The lowest BCUT2D eigenvalue weighted by Gasteiger charge is -2.17. The third-order valence-corrected chi connectivity index (χ3v) is 4.93. The van der Waals surface area contributed by atoms with Crippen LogP contribution < -0.4 is 4.74 Å². The highest BCUT2D eigenvalue weighted by atomic mass is 79.9. The van der Waals surface area contributed by atoms with Crippen LogP contribution in [0.5, 0.6) is 5.75 Å². The van der Waals surface area contributed by atoms with Crippen molar-refractivity contribution in [3.05, 3.63) is 29.8 Å². The predicted octanol–water partition coefficient (Wildman–Crippen LogP) is 4.03. The summed E-state index contributed by atoms with van der Waals surface area (Å²) < 4.78 is 41.8. The molecule has 2 nitrogen and oxygen atoms in total. The van der Waals surface area contributed by atoms with Crippen molar-refractivity contribution >= 4 is 37.6 Å². The van der Waals surface area contributed by atoms with Crippen LogP contribution in [0.4, 0.5) is 13.2 Å². The van der Waals surface area contributed by atoms with Gasteiger partial charge in [0.05, 0.1) is 16.8 Å². The standard InChI is InChI=1S/C11H9Br2F3O2/c1-18-7-4-2-6(3-5-7)8(12)9(13)10(17)11(14,15)16/h2-5,8-9H,1H3. The van der Waals surface area contributed by atoms with Crippen molar-refractivity contribution < 1.29 is 22.7 Å². The first-order valence-electron chi connectivity index (χ1n) is 4.80. The minimum atomic E-state index is -4.85. The van der Waals surface area contributed by atoms with Gasteiger partial charge >= 0.3 is 6.18 Å². The summed E-state index contributed by atoms with van der Waals surface area (Å²) in [6, 6.07) is 6.41. The van der Waals surface area contributed by atoms with Crippen LogP contribution in [0.25, 0.3) is 0 Å². The molecule has 0 aliphatic heterocycles. The van der Waals surface area contributed by atoms with E-state index < -0.39 is 21.6 Å². The van der Waals surface area contributed by atoms with Gasteiger partial charge in [-0.1, -0.05) is 44.0 Å². The second kappa shape index (κ2) is 6.06. The largest absolute Gasteiger partial charge is 0.497 e. The van der Waals surface area contributed by atoms with Crippen LogP contribution in [0.2, 0.25) is 0 Å². The number of hydrogen-bond donors (Lipinski definition) is 0. The maximum Gasteiger partial charge on any atom is 0.451 e. The van der Waals surface area contributed by atoms with E-state index in [0.717, 1.165) is 0 Å². The van der Waals surface area contributed by atoms with Gasteiger partial charge in [-0.3, -0.25) is 4.79 Å². The van der Waals surface area contributed by atoms with E-state index in [4.69, 9.17) is 4.74 Å². The first-order chi connectivity index (χ1) is 8.27. The quantitative estimate of drug-likeness (QED) is 0.727. The molecule has 0 amide bonds. The van der Waals surface area contributed by atoms with Gasteiger partial charge in [-0.25, -0.2) is 0 Å². The molecule has 0 radical (unpaired) electrons. The van der Waals surface area contributed by atoms with Gasteiger partial charge in [0.1, 0.15) is 5.75 Å². The van der Waals surface area contributed by atoms with Crippen LogP contribution in [0.15, 0.2) is 24.3 Å². The Balaban J connectivity index is 2.86. The Morgan fingerprint density at radius 1 is 1.22 bits per heavy atom. The number of ketones is 1. The molecular weight excluding hydrogens is 381 g/mol. The molecule has 1 aromatic rings. The molecule has 0 fully saturated rings. The van der Waals surface area contributed by atoms with Gasteiger partial charge < -0.3 is 4.74 Å². The molecule has 0 saturated carbocycles. The number of carbonyl (C=O) groups is 1. The van der Waals surface area contributed by atoms with Gasteiger partial charge in [-0.15, -0.1) is 0 Å². The van der Waals surface area contributed by atoms with Crippen molar-refractivity contribution in [2.24, 2.45) is 0 Å². The molecule has 0 saturated heterocycles. The molecule has 0 aromatic heterocycles. The zero-order chi connectivity index (χ0) is 13.9. The molecule has 100 valence electrons. The third kappa shape index (κ3) is 3.71. The van der Waals surface area contributed by atoms with Gasteiger partial charge in [0.15, 0.2) is 0 Å². The summed E-state index contributed by atoms with van der Waals surface area (Å²) >= 11 is 5.85. The fourth-order valence-electron chi connectivity index (χ4n) is 1.25. The number of halogens is 5. The number of alkyl halides is 5. The lowest BCUT2D eigenvalue weighted by atomic mass is 10.1. The predicted molar refractivity (Wildman–Crippen MR) is 68.4 cm³/mol. The van der Waals surface area contributed by atoms with E-state index in [9.17, 15) is 18.0 Å². The van der Waals surface area contributed by atoms with Crippen molar-refractivity contribution in [1.29, 1.82) is 0 Å². The van der Waals surface area contributed by atoms with Crippen LogP contribution in [-0.4, -0.2) is 23.9 Å². The van der Waals surface area contributed by atoms with Crippen molar-refractivity contribution in [2.45, 2.75) is 15.8 Å². The van der Waals surface area contributed by atoms with Crippen molar-refractivity contribution in [3.63, 3.8) is 0 Å². The van der Waals surface area contributed by atoms with Gasteiger partial charge in [-0.2, -0.15) is 13.2 Å². The summed E-state index contributed by atoms with van der Waals surface area (Å²) in [4.78, 5) is 8.94. The Hall–Kier alpha value is -0.560. The molecular formula is C11H9Br2F3O2. The second-order valence-corrected chi connectivity index (χ2v) is 5.41. The second-order valence-electron chi connectivity index (χ2n) is 3.44. The summed E-state index contributed by atoms with van der Waals surface area (Å²) in [6.07, 6.45) is -4.85. The Morgan fingerprint density at radius 2 is 1.72 bits per heavy atom. The van der Waals surface area contributed by atoms with Crippen LogP contribution in [0, 0.1) is 0 Å². The molecule has 0 bridgehead atoms. The van der Waals surface area contributed by atoms with Gasteiger partial charge in [-0.05, 0) is 17.7 Å². The number of benzene rings is 1. The van der Waals surface area contributed by atoms with E-state index in [2.05, 4.69) is 31.9 Å². The lowest BCUT2D eigenvalue weighted by molar-refractivity contribution is -0.170. The highest BCUT2D eigenvalue weighted by Crippen LogP contribution is 2.36. The molecule has 1 aromatic carbocycles. The van der Waals surface area contributed by atoms with Crippen molar-refractivity contribution in [2.75, 3.05) is 7.11 Å². The maximum atomic E-state index is 12.3. The Morgan fingerprint density at radius 3 is 2.11 bits per heavy atom. The molecule has 0 aliphatic carbocycles.